The summed E-state index contributed by atoms with van der Waals surface area (Å²) >= 11 is 1.75. The van der Waals surface area contributed by atoms with Gasteiger partial charge in [-0.2, -0.15) is 0 Å². The standard InChI is InChI=1S/C20H17N3S/c1-13-19(14-5-3-2-4-6-14)23-12-18(22-20(23)24-13)15-7-8-17-16(11-15)9-10-21-17/h2-8,11-12,21H,9-10H2,1H3. The fraction of sp³-hybridized carbons (Fsp3) is 0.150. The largest absolute Gasteiger partial charge is 0.384 e. The number of hydrogen-bond donors (Lipinski definition) is 1. The molecule has 0 fully saturated rings. The molecule has 0 aliphatic carbocycles. The molecular weight excluding hydrogens is 314 g/mol. The predicted molar refractivity (Wildman–Crippen MR) is 101 cm³/mol. The van der Waals surface area contributed by atoms with E-state index in [1.165, 1.54) is 32.9 Å². The summed E-state index contributed by atoms with van der Waals surface area (Å²) in [7, 11) is 0. The maximum Gasteiger partial charge on any atom is 0.194 e. The van der Waals surface area contributed by atoms with Crippen LogP contribution in [0, 0.1) is 6.92 Å². The molecular formula is C20H17N3S. The van der Waals surface area contributed by atoms with Gasteiger partial charge in [0.05, 0.1) is 11.4 Å². The summed E-state index contributed by atoms with van der Waals surface area (Å²) in [6.07, 6.45) is 3.27. The molecule has 0 saturated heterocycles. The summed E-state index contributed by atoms with van der Waals surface area (Å²) in [6, 6.07) is 17.2. The van der Waals surface area contributed by atoms with Crippen LogP contribution in [-0.2, 0) is 6.42 Å². The Morgan fingerprint density at radius 2 is 1.96 bits per heavy atom. The Morgan fingerprint density at radius 1 is 1.08 bits per heavy atom. The van der Waals surface area contributed by atoms with Gasteiger partial charge in [0.2, 0.25) is 0 Å². The van der Waals surface area contributed by atoms with Crippen molar-refractivity contribution in [1.29, 1.82) is 0 Å². The third kappa shape index (κ3) is 2.07. The highest BCUT2D eigenvalue weighted by Gasteiger charge is 2.16. The quantitative estimate of drug-likeness (QED) is 0.560. The zero-order valence-electron chi connectivity index (χ0n) is 13.4. The second-order valence-corrected chi connectivity index (χ2v) is 7.38. The van der Waals surface area contributed by atoms with Crippen molar-refractivity contribution in [1.82, 2.24) is 9.38 Å². The fourth-order valence-corrected chi connectivity index (χ4v) is 4.47. The van der Waals surface area contributed by atoms with Gasteiger partial charge in [-0.05, 0) is 36.6 Å². The lowest BCUT2D eigenvalue weighted by Gasteiger charge is -2.03. The van der Waals surface area contributed by atoms with E-state index in [2.05, 4.69) is 71.4 Å². The number of fused-ring (bicyclic) bond motifs is 2. The number of anilines is 1. The Balaban J connectivity index is 1.66. The molecule has 1 aliphatic rings. The molecule has 0 bridgehead atoms. The Morgan fingerprint density at radius 3 is 2.83 bits per heavy atom. The minimum absolute atomic E-state index is 1.04. The van der Waals surface area contributed by atoms with Gasteiger partial charge in [0.15, 0.2) is 4.96 Å². The Labute approximate surface area is 144 Å². The van der Waals surface area contributed by atoms with E-state index >= 15 is 0 Å². The van der Waals surface area contributed by atoms with Crippen LogP contribution >= 0.6 is 11.3 Å². The van der Waals surface area contributed by atoms with Crippen LogP contribution in [0.4, 0.5) is 5.69 Å². The molecule has 2 aromatic carbocycles. The predicted octanol–water partition coefficient (Wildman–Crippen LogP) is 5.01. The van der Waals surface area contributed by atoms with E-state index in [0.717, 1.165) is 23.6 Å². The second-order valence-electron chi connectivity index (χ2n) is 6.20. The van der Waals surface area contributed by atoms with E-state index in [0.29, 0.717) is 0 Å². The normalized spacial score (nSPS) is 13.2. The molecule has 2 aromatic heterocycles. The maximum absolute atomic E-state index is 4.88. The average Bonchev–Trinajstić information content (AvgIpc) is 3.28. The number of nitrogens with zero attached hydrogens (tertiary/aromatic N) is 2. The third-order valence-corrected chi connectivity index (χ3v) is 5.62. The lowest BCUT2D eigenvalue weighted by atomic mass is 10.1. The van der Waals surface area contributed by atoms with Gasteiger partial charge in [-0.1, -0.05) is 36.4 Å². The first kappa shape index (κ1) is 13.8. The molecule has 0 atom stereocenters. The van der Waals surface area contributed by atoms with Crippen LogP contribution < -0.4 is 5.32 Å². The summed E-state index contributed by atoms with van der Waals surface area (Å²) in [5, 5.41) is 3.41. The fourth-order valence-electron chi connectivity index (χ4n) is 3.49. The molecule has 5 rings (SSSR count). The first-order valence-corrected chi connectivity index (χ1v) is 9.02. The highest BCUT2D eigenvalue weighted by molar-refractivity contribution is 7.17. The third-order valence-electron chi connectivity index (χ3n) is 4.65. The van der Waals surface area contributed by atoms with Crippen LogP contribution in [0.15, 0.2) is 54.7 Å². The van der Waals surface area contributed by atoms with E-state index < -0.39 is 0 Å². The van der Waals surface area contributed by atoms with Crippen LogP contribution in [0.5, 0.6) is 0 Å². The second kappa shape index (κ2) is 5.21. The summed E-state index contributed by atoms with van der Waals surface area (Å²) in [5.41, 5.74) is 7.39. The molecule has 4 aromatic rings. The number of benzene rings is 2. The van der Waals surface area contributed by atoms with Gasteiger partial charge in [-0.3, -0.25) is 4.40 Å². The number of aryl methyl sites for hydroxylation is 1. The molecule has 0 unspecified atom stereocenters. The molecule has 1 N–H and O–H groups in total. The van der Waals surface area contributed by atoms with E-state index in [1.54, 1.807) is 11.3 Å². The van der Waals surface area contributed by atoms with Gasteiger partial charge in [0.1, 0.15) is 0 Å². The van der Waals surface area contributed by atoms with Crippen molar-refractivity contribution in [2.24, 2.45) is 0 Å². The minimum Gasteiger partial charge on any atom is -0.384 e. The highest BCUT2D eigenvalue weighted by Crippen LogP contribution is 2.34. The Bertz CT molecular complexity index is 1040. The van der Waals surface area contributed by atoms with Crippen molar-refractivity contribution >= 4 is 22.0 Å². The van der Waals surface area contributed by atoms with E-state index in [-0.39, 0.29) is 0 Å². The van der Waals surface area contributed by atoms with Gasteiger partial charge in [0, 0.05) is 28.9 Å². The van der Waals surface area contributed by atoms with Crippen molar-refractivity contribution in [3.05, 3.63) is 65.2 Å². The number of thiazole rings is 1. The average molecular weight is 331 g/mol. The van der Waals surface area contributed by atoms with E-state index in [1.807, 2.05) is 0 Å². The molecule has 3 nitrogen and oxygen atoms in total. The van der Waals surface area contributed by atoms with Crippen molar-refractivity contribution in [3.8, 4) is 22.5 Å². The summed E-state index contributed by atoms with van der Waals surface area (Å²) in [5.74, 6) is 0. The molecule has 3 heterocycles. The van der Waals surface area contributed by atoms with Crippen LogP contribution in [-0.4, -0.2) is 15.9 Å². The maximum atomic E-state index is 4.88. The minimum atomic E-state index is 1.04. The molecule has 1 aliphatic heterocycles. The van der Waals surface area contributed by atoms with Gasteiger partial charge in [-0.15, -0.1) is 11.3 Å². The van der Waals surface area contributed by atoms with E-state index in [4.69, 9.17) is 4.98 Å². The number of nitrogens with one attached hydrogen (secondary N) is 1. The molecule has 0 radical (unpaired) electrons. The number of hydrogen-bond acceptors (Lipinski definition) is 3. The van der Waals surface area contributed by atoms with Crippen molar-refractivity contribution in [2.75, 3.05) is 11.9 Å². The van der Waals surface area contributed by atoms with Crippen molar-refractivity contribution in [3.63, 3.8) is 0 Å². The van der Waals surface area contributed by atoms with Gasteiger partial charge in [-0.25, -0.2) is 4.98 Å². The monoisotopic (exact) mass is 331 g/mol. The molecule has 0 amide bonds. The number of imidazole rings is 1. The Kier molecular flexibility index (Phi) is 3.00. The Hall–Kier alpha value is -2.59. The van der Waals surface area contributed by atoms with Crippen LogP contribution in [0.2, 0.25) is 0 Å². The van der Waals surface area contributed by atoms with E-state index in [9.17, 15) is 0 Å². The van der Waals surface area contributed by atoms with Gasteiger partial charge >= 0.3 is 0 Å². The molecule has 4 heteroatoms. The first-order chi connectivity index (χ1) is 11.8. The van der Waals surface area contributed by atoms with Crippen LogP contribution in [0.3, 0.4) is 0 Å². The summed E-state index contributed by atoms with van der Waals surface area (Å²) in [4.78, 5) is 7.23. The summed E-state index contributed by atoms with van der Waals surface area (Å²) in [6.45, 7) is 3.21. The lowest BCUT2D eigenvalue weighted by Crippen LogP contribution is -1.90. The topological polar surface area (TPSA) is 29.3 Å². The van der Waals surface area contributed by atoms with Crippen molar-refractivity contribution < 1.29 is 0 Å². The molecule has 24 heavy (non-hydrogen) atoms. The van der Waals surface area contributed by atoms with Gasteiger partial charge < -0.3 is 5.32 Å². The molecule has 118 valence electrons. The molecule has 0 spiro atoms. The molecule has 0 saturated carbocycles. The SMILES string of the molecule is Cc1sc2nc(-c3ccc4c(c3)CCN4)cn2c1-c1ccccc1. The zero-order valence-corrected chi connectivity index (χ0v) is 14.2. The first-order valence-electron chi connectivity index (χ1n) is 8.21. The lowest BCUT2D eigenvalue weighted by molar-refractivity contribution is 1.11. The van der Waals surface area contributed by atoms with Crippen molar-refractivity contribution in [2.45, 2.75) is 13.3 Å². The number of aromatic nitrogens is 2. The smallest absolute Gasteiger partial charge is 0.194 e. The highest BCUT2D eigenvalue weighted by atomic mass is 32.1. The van der Waals surface area contributed by atoms with Crippen LogP contribution in [0.25, 0.3) is 27.5 Å². The zero-order chi connectivity index (χ0) is 16.1. The summed E-state index contributed by atoms with van der Waals surface area (Å²) < 4.78 is 2.23. The number of rotatable bonds is 2. The van der Waals surface area contributed by atoms with Gasteiger partial charge in [0.25, 0.3) is 0 Å². The van der Waals surface area contributed by atoms with Crippen LogP contribution in [0.1, 0.15) is 10.4 Å².